The van der Waals surface area contributed by atoms with Crippen LogP contribution in [0.1, 0.15) is 11.4 Å². The van der Waals surface area contributed by atoms with E-state index in [0.717, 1.165) is 37.0 Å². The quantitative estimate of drug-likeness (QED) is 0.428. The van der Waals surface area contributed by atoms with Crippen molar-refractivity contribution in [2.24, 2.45) is 0 Å². The van der Waals surface area contributed by atoms with Gasteiger partial charge in [0.15, 0.2) is 0 Å². The van der Waals surface area contributed by atoms with Gasteiger partial charge in [-0.15, -0.1) is 0 Å². The van der Waals surface area contributed by atoms with E-state index in [0.29, 0.717) is 38.0 Å². The summed E-state index contributed by atoms with van der Waals surface area (Å²) in [4.78, 5) is 6.59. The Hall–Kier alpha value is -2.58. The van der Waals surface area contributed by atoms with E-state index in [1.54, 1.807) is 19.4 Å². The van der Waals surface area contributed by atoms with E-state index in [9.17, 15) is 0 Å². The number of benzene rings is 2. The Morgan fingerprint density at radius 3 is 2.71 bits per heavy atom. The molecule has 7 nitrogen and oxygen atoms in total. The Labute approximate surface area is 206 Å². The first-order valence-corrected chi connectivity index (χ1v) is 11.9. The summed E-state index contributed by atoms with van der Waals surface area (Å²) in [5, 5.41) is 0.643. The third-order valence-electron chi connectivity index (χ3n) is 5.99. The Morgan fingerprint density at radius 1 is 1.12 bits per heavy atom. The zero-order chi connectivity index (χ0) is 23.8. The van der Waals surface area contributed by atoms with E-state index in [2.05, 4.69) is 26.6 Å². The summed E-state index contributed by atoms with van der Waals surface area (Å²) in [5.41, 5.74) is 0.606. The molecule has 34 heavy (non-hydrogen) atoms. The Kier molecular flexibility index (Phi) is 8.45. The first kappa shape index (κ1) is 24.5. The van der Waals surface area contributed by atoms with E-state index in [4.69, 9.17) is 30.5 Å². The van der Waals surface area contributed by atoms with E-state index in [-0.39, 0.29) is 0 Å². The molecule has 1 unspecified atom stereocenters. The van der Waals surface area contributed by atoms with Crippen molar-refractivity contribution in [3.63, 3.8) is 0 Å². The zero-order valence-electron chi connectivity index (χ0n) is 19.8. The molecular formula is C26H32ClN3O4. The van der Waals surface area contributed by atoms with Crippen LogP contribution in [0.5, 0.6) is 11.5 Å². The summed E-state index contributed by atoms with van der Waals surface area (Å²) in [6.45, 7) is 7.10. The third kappa shape index (κ3) is 6.73. The highest BCUT2D eigenvalue weighted by atomic mass is 35.5. The fourth-order valence-electron chi connectivity index (χ4n) is 4.05. The number of rotatable bonds is 10. The van der Waals surface area contributed by atoms with E-state index in [1.807, 2.05) is 43.5 Å². The van der Waals surface area contributed by atoms with Gasteiger partial charge < -0.3 is 23.5 Å². The molecule has 0 spiro atoms. The standard InChI is InChI=1S/C26H32ClN3O4/c1-21-28-9-10-30(21)12-14-33-24-7-3-5-22(15-24)17-29-11-13-32-19-26(18-29,31-2)20-34-25-8-4-6-23(27)16-25/h3-10,15-16H,11-14,17-20H2,1-2H3. The molecule has 1 aliphatic heterocycles. The predicted molar refractivity (Wildman–Crippen MR) is 132 cm³/mol. The maximum absolute atomic E-state index is 6.09. The second kappa shape index (κ2) is 11.7. The highest BCUT2D eigenvalue weighted by Gasteiger charge is 2.36. The molecule has 1 saturated heterocycles. The summed E-state index contributed by atoms with van der Waals surface area (Å²) in [6, 6.07) is 15.6. The number of nitrogens with zero attached hydrogens (tertiary/aromatic N) is 3. The fraction of sp³-hybridized carbons (Fsp3) is 0.423. The number of ether oxygens (including phenoxy) is 4. The highest BCUT2D eigenvalue weighted by molar-refractivity contribution is 6.30. The number of hydrogen-bond donors (Lipinski definition) is 0. The molecule has 3 aromatic rings. The van der Waals surface area contributed by atoms with Crippen LogP contribution in [0.4, 0.5) is 0 Å². The van der Waals surface area contributed by atoms with Gasteiger partial charge in [-0.05, 0) is 42.8 Å². The summed E-state index contributed by atoms with van der Waals surface area (Å²) in [5.74, 6) is 2.57. The second-order valence-electron chi connectivity index (χ2n) is 8.56. The molecular weight excluding hydrogens is 454 g/mol. The lowest BCUT2D eigenvalue weighted by Crippen LogP contribution is -2.50. The van der Waals surface area contributed by atoms with Gasteiger partial charge in [0.05, 0.1) is 19.8 Å². The smallest absolute Gasteiger partial charge is 0.137 e. The SMILES string of the molecule is COC1(COc2cccc(Cl)c2)COCCN(Cc2cccc(OCCn3ccnc3C)c2)C1. The van der Waals surface area contributed by atoms with Crippen LogP contribution in [0.15, 0.2) is 60.9 Å². The molecule has 4 rings (SSSR count). The van der Waals surface area contributed by atoms with E-state index >= 15 is 0 Å². The number of methoxy groups -OCH3 is 1. The minimum absolute atomic E-state index is 0.372. The molecule has 0 bridgehead atoms. The van der Waals surface area contributed by atoms with Gasteiger partial charge in [0.1, 0.15) is 36.1 Å². The van der Waals surface area contributed by atoms with Crippen LogP contribution < -0.4 is 9.47 Å². The Balaban J connectivity index is 1.35. The van der Waals surface area contributed by atoms with Crippen molar-refractivity contribution in [2.45, 2.75) is 25.6 Å². The van der Waals surface area contributed by atoms with Gasteiger partial charge >= 0.3 is 0 Å². The maximum Gasteiger partial charge on any atom is 0.137 e. The molecule has 0 saturated carbocycles. The van der Waals surface area contributed by atoms with Crippen LogP contribution in [0.2, 0.25) is 5.02 Å². The van der Waals surface area contributed by atoms with Crippen LogP contribution >= 0.6 is 11.6 Å². The molecule has 1 aliphatic rings. The number of aromatic nitrogens is 2. The molecule has 0 radical (unpaired) electrons. The van der Waals surface area contributed by atoms with Gasteiger partial charge in [-0.1, -0.05) is 29.8 Å². The minimum atomic E-state index is -0.574. The van der Waals surface area contributed by atoms with E-state index < -0.39 is 5.60 Å². The number of aryl methyl sites for hydroxylation is 1. The van der Waals surface area contributed by atoms with Gasteiger partial charge in [-0.25, -0.2) is 4.98 Å². The van der Waals surface area contributed by atoms with Crippen molar-refractivity contribution in [1.82, 2.24) is 14.5 Å². The highest BCUT2D eigenvalue weighted by Crippen LogP contribution is 2.23. The molecule has 1 aromatic heterocycles. The van der Waals surface area contributed by atoms with Crippen molar-refractivity contribution < 1.29 is 18.9 Å². The van der Waals surface area contributed by atoms with Crippen molar-refractivity contribution in [3.05, 3.63) is 77.3 Å². The average Bonchev–Trinajstić information content (AvgIpc) is 3.13. The van der Waals surface area contributed by atoms with Crippen LogP contribution in [0.3, 0.4) is 0 Å². The van der Waals surface area contributed by atoms with Gasteiger partial charge in [0.25, 0.3) is 0 Å². The number of imidazole rings is 1. The minimum Gasteiger partial charge on any atom is -0.492 e. The largest absolute Gasteiger partial charge is 0.492 e. The van der Waals surface area contributed by atoms with Crippen LogP contribution in [0, 0.1) is 6.92 Å². The molecule has 8 heteroatoms. The van der Waals surface area contributed by atoms with Gasteiger partial charge in [0, 0.05) is 44.2 Å². The summed E-state index contributed by atoms with van der Waals surface area (Å²) in [7, 11) is 1.71. The first-order valence-electron chi connectivity index (χ1n) is 11.5. The lowest BCUT2D eigenvalue weighted by molar-refractivity contribution is -0.0925. The zero-order valence-corrected chi connectivity index (χ0v) is 20.5. The van der Waals surface area contributed by atoms with Crippen molar-refractivity contribution in [1.29, 1.82) is 0 Å². The summed E-state index contributed by atoms with van der Waals surface area (Å²) < 4.78 is 26.0. The van der Waals surface area contributed by atoms with Crippen molar-refractivity contribution in [2.75, 3.05) is 46.6 Å². The molecule has 0 N–H and O–H groups in total. The molecule has 1 fully saturated rings. The molecule has 2 aromatic carbocycles. The van der Waals surface area contributed by atoms with Crippen LogP contribution in [-0.2, 0) is 22.6 Å². The van der Waals surface area contributed by atoms with Crippen LogP contribution in [-0.4, -0.2) is 66.7 Å². The molecule has 0 amide bonds. The third-order valence-corrected chi connectivity index (χ3v) is 6.22. The van der Waals surface area contributed by atoms with Gasteiger partial charge in [0.2, 0.25) is 0 Å². The van der Waals surface area contributed by atoms with Crippen molar-refractivity contribution >= 4 is 11.6 Å². The normalized spacial score (nSPS) is 19.0. The topological polar surface area (TPSA) is 58.0 Å². The van der Waals surface area contributed by atoms with E-state index in [1.165, 1.54) is 5.56 Å². The van der Waals surface area contributed by atoms with Gasteiger partial charge in [-0.3, -0.25) is 4.90 Å². The number of hydrogen-bond acceptors (Lipinski definition) is 6. The van der Waals surface area contributed by atoms with Crippen molar-refractivity contribution in [3.8, 4) is 11.5 Å². The fourth-order valence-corrected chi connectivity index (χ4v) is 4.23. The number of halogens is 1. The summed E-state index contributed by atoms with van der Waals surface area (Å²) in [6.07, 6.45) is 3.77. The average molecular weight is 486 g/mol. The first-order chi connectivity index (χ1) is 16.5. The Bertz CT molecular complexity index is 1060. The van der Waals surface area contributed by atoms with Crippen LogP contribution in [0.25, 0.3) is 0 Å². The molecule has 0 aliphatic carbocycles. The molecule has 1 atom stereocenters. The maximum atomic E-state index is 6.09. The van der Waals surface area contributed by atoms with Gasteiger partial charge in [-0.2, -0.15) is 0 Å². The molecule has 182 valence electrons. The predicted octanol–water partition coefficient (Wildman–Crippen LogP) is 4.22. The monoisotopic (exact) mass is 485 g/mol. The lowest BCUT2D eigenvalue weighted by atomic mass is 10.1. The lowest BCUT2D eigenvalue weighted by Gasteiger charge is -2.34. The second-order valence-corrected chi connectivity index (χ2v) is 9.00. The molecule has 2 heterocycles. The summed E-state index contributed by atoms with van der Waals surface area (Å²) >= 11 is 6.09. The Morgan fingerprint density at radius 2 is 1.94 bits per heavy atom.